The molecular weight excluding hydrogens is 425 g/mol. The van der Waals surface area contributed by atoms with Crippen LogP contribution in [0.2, 0.25) is 10.0 Å². The molecule has 0 bridgehead atoms. The zero-order valence-electron chi connectivity index (χ0n) is 15.2. The first-order valence-corrected chi connectivity index (χ1v) is 9.60. The molecule has 156 valence electrons. The van der Waals surface area contributed by atoms with Gasteiger partial charge in [0, 0.05) is 25.4 Å². The van der Waals surface area contributed by atoms with Gasteiger partial charge < -0.3 is 19.7 Å². The number of carboxylic acid groups (broad SMARTS) is 1. The molecule has 1 saturated heterocycles. The summed E-state index contributed by atoms with van der Waals surface area (Å²) in [4.78, 5) is 24.0. The number of hydrogen-bond acceptors (Lipinski definition) is 7. The van der Waals surface area contributed by atoms with Crippen molar-refractivity contribution in [1.82, 2.24) is 14.7 Å². The molecule has 1 aliphatic rings. The van der Waals surface area contributed by atoms with Gasteiger partial charge in [0.1, 0.15) is 12.7 Å². The number of ether oxygens (including phenoxy) is 2. The number of aliphatic hydroxyl groups excluding tert-OH is 1. The van der Waals surface area contributed by atoms with E-state index in [-0.39, 0.29) is 12.5 Å². The highest BCUT2D eigenvalue weighted by atomic mass is 35.5. The zero-order chi connectivity index (χ0) is 21.0. The molecule has 0 spiro atoms. The Morgan fingerprint density at radius 3 is 2.55 bits per heavy atom. The van der Waals surface area contributed by atoms with E-state index in [1.54, 1.807) is 35.4 Å². The number of carbonyl (C=O) groups excluding carboxylic acids is 1. The van der Waals surface area contributed by atoms with Crippen molar-refractivity contribution >= 4 is 35.1 Å². The molecule has 2 atom stereocenters. The van der Waals surface area contributed by atoms with Crippen LogP contribution in [0.3, 0.4) is 0 Å². The van der Waals surface area contributed by atoms with Gasteiger partial charge in [-0.1, -0.05) is 23.2 Å². The average Bonchev–Trinajstić information content (AvgIpc) is 3.38. The van der Waals surface area contributed by atoms with Gasteiger partial charge in [-0.05, 0) is 31.0 Å². The van der Waals surface area contributed by atoms with E-state index in [2.05, 4.69) is 5.10 Å². The van der Waals surface area contributed by atoms with Crippen molar-refractivity contribution in [3.63, 3.8) is 0 Å². The number of esters is 1. The number of benzene rings is 1. The van der Waals surface area contributed by atoms with Gasteiger partial charge in [-0.15, -0.1) is 5.10 Å². The standard InChI is InChI=1S/C18H19Cl2N3O6/c19-12-4-3-11(9-13(12)20)23-8-5-15(21-23)28-10-14(24)16(22-6-1-2-7-22)29-18(27)17(25)26/h3-5,8-9,14,16,24H,1-2,6-7,10H2,(H,25,26). The fourth-order valence-electron chi connectivity index (χ4n) is 2.96. The van der Waals surface area contributed by atoms with E-state index in [4.69, 9.17) is 37.8 Å². The summed E-state index contributed by atoms with van der Waals surface area (Å²) in [6.45, 7) is 0.924. The molecule has 1 fully saturated rings. The van der Waals surface area contributed by atoms with Gasteiger partial charge in [-0.3, -0.25) is 4.90 Å². The first-order valence-electron chi connectivity index (χ1n) is 8.85. The number of nitrogens with zero attached hydrogens (tertiary/aromatic N) is 3. The minimum Gasteiger partial charge on any atom is -0.474 e. The Labute approximate surface area is 176 Å². The normalized spacial score (nSPS) is 16.4. The lowest BCUT2D eigenvalue weighted by molar-refractivity contribution is -0.183. The third kappa shape index (κ3) is 5.39. The van der Waals surface area contributed by atoms with E-state index < -0.39 is 24.3 Å². The number of halogens is 2. The number of aliphatic hydroxyl groups is 1. The van der Waals surface area contributed by atoms with Gasteiger partial charge in [0.05, 0.1) is 15.7 Å². The van der Waals surface area contributed by atoms with Gasteiger partial charge in [0.15, 0.2) is 6.23 Å². The van der Waals surface area contributed by atoms with Crippen LogP contribution in [0.25, 0.3) is 5.69 Å². The second-order valence-corrected chi connectivity index (χ2v) is 7.23. The van der Waals surface area contributed by atoms with E-state index >= 15 is 0 Å². The number of carbonyl (C=O) groups is 2. The van der Waals surface area contributed by atoms with Crippen molar-refractivity contribution in [2.45, 2.75) is 25.2 Å². The third-order valence-electron chi connectivity index (χ3n) is 4.37. The molecule has 1 aliphatic heterocycles. The number of aliphatic carboxylic acids is 1. The number of carboxylic acids is 1. The molecule has 2 heterocycles. The molecule has 2 unspecified atom stereocenters. The van der Waals surface area contributed by atoms with Gasteiger partial charge >= 0.3 is 11.9 Å². The highest BCUT2D eigenvalue weighted by Gasteiger charge is 2.34. The highest BCUT2D eigenvalue weighted by Crippen LogP contribution is 2.25. The smallest absolute Gasteiger partial charge is 0.418 e. The van der Waals surface area contributed by atoms with E-state index in [0.29, 0.717) is 28.8 Å². The lowest BCUT2D eigenvalue weighted by Crippen LogP contribution is -2.48. The van der Waals surface area contributed by atoms with Gasteiger partial charge in [-0.2, -0.15) is 0 Å². The number of likely N-dealkylation sites (tertiary alicyclic amines) is 1. The van der Waals surface area contributed by atoms with Crippen LogP contribution in [0, 0.1) is 0 Å². The molecule has 1 aromatic heterocycles. The summed E-state index contributed by atoms with van der Waals surface area (Å²) in [6.07, 6.45) is 1.000. The second-order valence-electron chi connectivity index (χ2n) is 6.42. The Morgan fingerprint density at radius 2 is 1.90 bits per heavy atom. The summed E-state index contributed by atoms with van der Waals surface area (Å²) < 4.78 is 12.0. The van der Waals surface area contributed by atoms with E-state index in [9.17, 15) is 14.7 Å². The second kappa shape index (κ2) is 9.45. The molecule has 2 N–H and O–H groups in total. The minimum atomic E-state index is -1.72. The van der Waals surface area contributed by atoms with Gasteiger partial charge in [-0.25, -0.2) is 14.3 Å². The summed E-state index contributed by atoms with van der Waals surface area (Å²) in [7, 11) is 0. The van der Waals surface area contributed by atoms with Crippen LogP contribution >= 0.6 is 23.2 Å². The molecule has 11 heteroatoms. The van der Waals surface area contributed by atoms with Crippen LogP contribution in [0.1, 0.15) is 12.8 Å². The lowest BCUT2D eigenvalue weighted by Gasteiger charge is -2.30. The van der Waals surface area contributed by atoms with E-state index in [1.165, 1.54) is 4.68 Å². The van der Waals surface area contributed by atoms with E-state index in [1.807, 2.05) is 0 Å². The average molecular weight is 444 g/mol. The largest absolute Gasteiger partial charge is 0.474 e. The van der Waals surface area contributed by atoms with Crippen molar-refractivity contribution in [3.05, 3.63) is 40.5 Å². The summed E-state index contributed by atoms with van der Waals surface area (Å²) in [5, 5.41) is 24.3. The van der Waals surface area contributed by atoms with Crippen LogP contribution in [0.4, 0.5) is 0 Å². The van der Waals surface area contributed by atoms with Crippen LogP contribution in [0.15, 0.2) is 30.5 Å². The first-order chi connectivity index (χ1) is 13.8. The van der Waals surface area contributed by atoms with E-state index in [0.717, 1.165) is 12.8 Å². The molecule has 0 radical (unpaired) electrons. The summed E-state index contributed by atoms with van der Waals surface area (Å²) >= 11 is 11.9. The number of rotatable bonds is 7. The Hall–Kier alpha value is -2.33. The number of hydrogen-bond donors (Lipinski definition) is 2. The highest BCUT2D eigenvalue weighted by molar-refractivity contribution is 6.42. The Bertz CT molecular complexity index is 884. The van der Waals surface area contributed by atoms with Crippen molar-refractivity contribution < 1.29 is 29.3 Å². The molecule has 0 amide bonds. The molecular formula is C18H19Cl2N3O6. The Morgan fingerprint density at radius 1 is 1.17 bits per heavy atom. The zero-order valence-corrected chi connectivity index (χ0v) is 16.7. The molecule has 9 nitrogen and oxygen atoms in total. The topological polar surface area (TPSA) is 114 Å². The monoisotopic (exact) mass is 443 g/mol. The SMILES string of the molecule is O=C(O)C(=O)OC(C(O)COc1ccn(-c2ccc(Cl)c(Cl)c2)n1)N1CCCC1. The van der Waals surface area contributed by atoms with Crippen molar-refractivity contribution in [2.75, 3.05) is 19.7 Å². The van der Waals surface area contributed by atoms with Crippen LogP contribution < -0.4 is 4.74 Å². The van der Waals surface area contributed by atoms with Crippen LogP contribution in [0.5, 0.6) is 5.88 Å². The molecule has 0 saturated carbocycles. The maximum absolute atomic E-state index is 11.5. The third-order valence-corrected chi connectivity index (χ3v) is 5.11. The predicted octanol–water partition coefficient (Wildman–Crippen LogP) is 1.97. The number of aromatic nitrogens is 2. The Kier molecular flexibility index (Phi) is 6.96. The van der Waals surface area contributed by atoms with Gasteiger partial charge in [0.2, 0.25) is 5.88 Å². The van der Waals surface area contributed by atoms with Crippen molar-refractivity contribution in [3.8, 4) is 11.6 Å². The molecule has 1 aromatic carbocycles. The summed E-state index contributed by atoms with van der Waals surface area (Å²) in [5.74, 6) is -2.92. The lowest BCUT2D eigenvalue weighted by atomic mass is 10.3. The summed E-state index contributed by atoms with van der Waals surface area (Å²) in [5.41, 5.74) is 0.667. The molecule has 0 aliphatic carbocycles. The predicted molar refractivity (Wildman–Crippen MR) is 103 cm³/mol. The summed E-state index contributed by atoms with van der Waals surface area (Å²) in [6, 6.07) is 6.60. The minimum absolute atomic E-state index is 0.222. The fraction of sp³-hybridized carbons (Fsp3) is 0.389. The molecule has 29 heavy (non-hydrogen) atoms. The van der Waals surface area contributed by atoms with Crippen LogP contribution in [-0.4, -0.2) is 68.9 Å². The fourth-order valence-corrected chi connectivity index (χ4v) is 3.25. The van der Waals surface area contributed by atoms with Crippen LogP contribution in [-0.2, 0) is 14.3 Å². The maximum Gasteiger partial charge on any atom is 0.418 e. The molecule has 3 rings (SSSR count). The quantitative estimate of drug-likeness (QED) is 0.492. The maximum atomic E-state index is 11.5. The van der Waals surface area contributed by atoms with Crippen molar-refractivity contribution in [2.24, 2.45) is 0 Å². The van der Waals surface area contributed by atoms with Gasteiger partial charge in [0.25, 0.3) is 0 Å². The van der Waals surface area contributed by atoms with Crippen molar-refractivity contribution in [1.29, 1.82) is 0 Å². The molecule has 2 aromatic rings. The first kappa shape index (κ1) is 21.4. The Balaban J connectivity index is 1.64.